The quantitative estimate of drug-likeness (QED) is 0.0732. The number of ether oxygens (including phenoxy) is 2. The summed E-state index contributed by atoms with van der Waals surface area (Å²) in [6.45, 7) is 3.47. The molecule has 0 bridgehead atoms. The predicted molar refractivity (Wildman–Crippen MR) is 208 cm³/mol. The smallest absolute Gasteiger partial charge is 0.314 e. The lowest BCUT2D eigenvalue weighted by Crippen LogP contribution is -2.50. The molecule has 2 aliphatic carbocycles. The van der Waals surface area contributed by atoms with E-state index in [0.717, 1.165) is 48.1 Å². The number of aliphatic hydroxyl groups is 5. The van der Waals surface area contributed by atoms with Crippen LogP contribution >= 0.6 is 11.6 Å². The monoisotopic (exact) mass is 803 g/mol. The van der Waals surface area contributed by atoms with Gasteiger partial charge in [-0.1, -0.05) is 67.9 Å². The van der Waals surface area contributed by atoms with Crippen LogP contribution in [0.5, 0.6) is 5.75 Å². The summed E-state index contributed by atoms with van der Waals surface area (Å²) >= 11 is 6.64. The van der Waals surface area contributed by atoms with Gasteiger partial charge in [0.05, 0.1) is 35.9 Å². The summed E-state index contributed by atoms with van der Waals surface area (Å²) < 4.78 is 42.4. The van der Waals surface area contributed by atoms with Gasteiger partial charge in [-0.3, -0.25) is 0 Å². The van der Waals surface area contributed by atoms with Crippen LogP contribution in [-0.4, -0.2) is 108 Å². The fourth-order valence-corrected chi connectivity index (χ4v) is 8.21. The molecule has 13 nitrogen and oxygen atoms in total. The van der Waals surface area contributed by atoms with E-state index >= 15 is 0 Å². The SMILES string of the molecule is CC(C)CN(CCCCNC(=O)NC[C@H](O)[C@@H](O)[C@H](O)[C@H](O)CO)S(=O)(=O)c1ccc(Cl)c(COC2(c3ccccc3-c3ccccc3OC3CC3)CC2)c1. The Morgan fingerprint density at radius 2 is 1.60 bits per heavy atom. The van der Waals surface area contributed by atoms with E-state index in [2.05, 4.69) is 28.8 Å². The molecule has 2 amide bonds. The number of sulfonamides is 1. The molecule has 55 heavy (non-hydrogen) atoms. The number of nitrogens with one attached hydrogen (secondary N) is 2. The molecule has 7 N–H and O–H groups in total. The van der Waals surface area contributed by atoms with Gasteiger partial charge in [0.1, 0.15) is 24.1 Å². The largest absolute Gasteiger partial charge is 0.490 e. The molecule has 0 saturated heterocycles. The fourth-order valence-electron chi connectivity index (χ4n) is 6.34. The van der Waals surface area contributed by atoms with Gasteiger partial charge < -0.3 is 45.6 Å². The molecule has 302 valence electrons. The Morgan fingerprint density at radius 3 is 2.27 bits per heavy atom. The molecule has 0 unspecified atom stereocenters. The van der Waals surface area contributed by atoms with Gasteiger partial charge in [0.2, 0.25) is 10.0 Å². The molecule has 4 atom stereocenters. The van der Waals surface area contributed by atoms with Gasteiger partial charge in [0.15, 0.2) is 0 Å². The molecule has 2 fully saturated rings. The molecule has 5 rings (SSSR count). The number of amides is 2. The molecule has 0 aromatic heterocycles. The van der Waals surface area contributed by atoms with Crippen LogP contribution in [0.3, 0.4) is 0 Å². The average Bonchev–Trinajstić information content (AvgIpc) is 4.13. The van der Waals surface area contributed by atoms with Crippen molar-refractivity contribution in [2.45, 2.75) is 100.0 Å². The Morgan fingerprint density at radius 1 is 0.927 bits per heavy atom. The van der Waals surface area contributed by atoms with Crippen LogP contribution in [0.15, 0.2) is 71.6 Å². The van der Waals surface area contributed by atoms with Gasteiger partial charge >= 0.3 is 6.03 Å². The van der Waals surface area contributed by atoms with Crippen LogP contribution in [0.25, 0.3) is 11.1 Å². The number of hydrogen-bond donors (Lipinski definition) is 7. The molecule has 15 heteroatoms. The maximum Gasteiger partial charge on any atom is 0.314 e. The lowest BCUT2D eigenvalue weighted by molar-refractivity contribution is -0.113. The summed E-state index contributed by atoms with van der Waals surface area (Å²) in [5, 5.41) is 53.4. The number of hydrogen-bond acceptors (Lipinski definition) is 10. The first-order chi connectivity index (χ1) is 26.3. The lowest BCUT2D eigenvalue weighted by atomic mass is 9.94. The first-order valence-corrected chi connectivity index (χ1v) is 20.7. The van der Waals surface area contributed by atoms with Crippen LogP contribution in [0.4, 0.5) is 4.79 Å². The molecule has 0 radical (unpaired) electrons. The number of carbonyl (C=O) groups is 1. The highest BCUT2D eigenvalue weighted by Crippen LogP contribution is 2.53. The molecule has 0 aliphatic heterocycles. The van der Waals surface area contributed by atoms with Crippen molar-refractivity contribution in [3.05, 3.63) is 82.9 Å². The highest BCUT2D eigenvalue weighted by Gasteiger charge is 2.47. The molecule has 0 heterocycles. The Bertz CT molecular complexity index is 1840. The van der Waals surface area contributed by atoms with E-state index in [1.54, 1.807) is 12.1 Å². The fraction of sp³-hybridized carbons (Fsp3) is 0.525. The standard InChI is InChI=1S/C40H54ClN3O10S/c1-26(2)23-44(20-8-7-19-42-39(50)43-22-34(46)37(48)38(49)35(47)24-45)55(51,52)29-15-16-33(41)27(21-29)25-53-40(17-18-40)32-11-5-3-9-30(32)31-10-4-6-12-36(31)54-28-13-14-28/h3-6,9-12,15-16,21,26,28,34-35,37-38,45-49H,7-8,13-14,17-20,22-25H2,1-2H3,(H2,42,43,50)/t34-,35+,37+,38+/m0/s1. The molecular weight excluding hydrogens is 750 g/mol. The number of benzene rings is 3. The number of nitrogens with zero attached hydrogens (tertiary/aromatic N) is 1. The van der Waals surface area contributed by atoms with Crippen molar-refractivity contribution in [3.63, 3.8) is 0 Å². The zero-order chi connectivity index (χ0) is 39.8. The van der Waals surface area contributed by atoms with E-state index in [4.69, 9.17) is 26.2 Å². The number of para-hydroxylation sites is 1. The van der Waals surface area contributed by atoms with Gasteiger partial charge in [0.25, 0.3) is 0 Å². The second kappa shape index (κ2) is 19.2. The van der Waals surface area contributed by atoms with Gasteiger partial charge in [0, 0.05) is 36.8 Å². The van der Waals surface area contributed by atoms with E-state index in [-0.39, 0.29) is 43.2 Å². The minimum atomic E-state index is -3.92. The zero-order valence-corrected chi connectivity index (χ0v) is 32.9. The average molecular weight is 804 g/mol. The third-order valence-electron chi connectivity index (χ3n) is 9.76. The molecule has 0 spiro atoms. The number of urea groups is 1. The van der Waals surface area contributed by atoms with Crippen molar-refractivity contribution >= 4 is 27.7 Å². The second-order valence-corrected chi connectivity index (χ2v) is 17.1. The minimum absolute atomic E-state index is 0.0437. The zero-order valence-electron chi connectivity index (χ0n) is 31.3. The highest BCUT2D eigenvalue weighted by atomic mass is 35.5. The molecule has 3 aromatic rings. The van der Waals surface area contributed by atoms with Crippen molar-refractivity contribution in [3.8, 4) is 16.9 Å². The van der Waals surface area contributed by atoms with Crippen LogP contribution in [0.1, 0.15) is 63.5 Å². The van der Waals surface area contributed by atoms with Crippen molar-refractivity contribution in [1.29, 1.82) is 0 Å². The van der Waals surface area contributed by atoms with E-state index in [1.165, 1.54) is 10.4 Å². The van der Waals surface area contributed by atoms with Gasteiger partial charge in [-0.15, -0.1) is 0 Å². The van der Waals surface area contributed by atoms with Crippen molar-refractivity contribution in [1.82, 2.24) is 14.9 Å². The van der Waals surface area contributed by atoms with E-state index < -0.39 is 59.2 Å². The number of rotatable bonds is 22. The Balaban J connectivity index is 1.18. The third kappa shape index (κ3) is 11.4. The van der Waals surface area contributed by atoms with Crippen molar-refractivity contribution < 1.29 is 48.2 Å². The van der Waals surface area contributed by atoms with Crippen LogP contribution in [0.2, 0.25) is 5.02 Å². The van der Waals surface area contributed by atoms with E-state index in [1.807, 2.05) is 44.2 Å². The topological polar surface area (TPSA) is 198 Å². The predicted octanol–water partition coefficient (Wildman–Crippen LogP) is 3.92. The van der Waals surface area contributed by atoms with Crippen LogP contribution < -0.4 is 15.4 Å². The number of halogens is 1. The number of carbonyl (C=O) groups excluding carboxylic acids is 1. The lowest BCUT2D eigenvalue weighted by Gasteiger charge is -2.25. The van der Waals surface area contributed by atoms with Crippen LogP contribution in [0, 0.1) is 5.92 Å². The summed E-state index contributed by atoms with van der Waals surface area (Å²) in [5.41, 5.74) is 3.15. The summed E-state index contributed by atoms with van der Waals surface area (Å²) in [6.07, 6.45) is -1.94. The van der Waals surface area contributed by atoms with Gasteiger partial charge in [-0.2, -0.15) is 4.31 Å². The molecule has 3 aromatic carbocycles. The molecular formula is C40H54ClN3O10S. The maximum absolute atomic E-state index is 14.0. The Labute approximate surface area is 328 Å². The second-order valence-electron chi connectivity index (χ2n) is 14.8. The first-order valence-electron chi connectivity index (χ1n) is 18.9. The van der Waals surface area contributed by atoms with Crippen molar-refractivity contribution in [2.24, 2.45) is 5.92 Å². The van der Waals surface area contributed by atoms with Crippen LogP contribution in [-0.2, 0) is 27.0 Å². The Hall–Kier alpha value is -3.31. The first kappa shape index (κ1) is 42.8. The molecule has 2 saturated carbocycles. The van der Waals surface area contributed by atoms with Crippen molar-refractivity contribution in [2.75, 3.05) is 32.8 Å². The minimum Gasteiger partial charge on any atom is -0.490 e. The third-order valence-corrected chi connectivity index (χ3v) is 12.0. The van der Waals surface area contributed by atoms with Gasteiger partial charge in [-0.25, -0.2) is 13.2 Å². The number of unbranched alkanes of at least 4 members (excludes halogenated alkanes) is 1. The normalized spacial score (nSPS) is 17.4. The summed E-state index contributed by atoms with van der Waals surface area (Å²) in [6, 6.07) is 20.3. The van der Waals surface area contributed by atoms with E-state index in [0.29, 0.717) is 23.4 Å². The molecule has 2 aliphatic rings. The Kier molecular flexibility index (Phi) is 15.0. The summed E-state index contributed by atoms with van der Waals surface area (Å²) in [4.78, 5) is 12.3. The maximum atomic E-state index is 14.0. The van der Waals surface area contributed by atoms with Gasteiger partial charge in [-0.05, 0) is 85.4 Å². The number of aliphatic hydroxyl groups excluding tert-OH is 5. The summed E-state index contributed by atoms with van der Waals surface area (Å²) in [5.74, 6) is 0.897. The van der Waals surface area contributed by atoms with E-state index in [9.17, 15) is 33.6 Å². The highest BCUT2D eigenvalue weighted by molar-refractivity contribution is 7.89. The summed E-state index contributed by atoms with van der Waals surface area (Å²) in [7, 11) is -3.92.